The van der Waals surface area contributed by atoms with E-state index in [1.165, 1.54) is 13.0 Å². The number of terminal acetylenes is 1. The van der Waals surface area contributed by atoms with E-state index in [1.54, 1.807) is 24.4 Å². The smallest absolute Gasteiger partial charge is 0.228 e. The molecule has 0 aromatic heterocycles. The Bertz CT molecular complexity index is 1030. The highest BCUT2D eigenvalue weighted by Crippen LogP contribution is 2.22. The molecule has 0 aliphatic rings. The number of hydrogen-bond acceptors (Lipinski definition) is 2. The summed E-state index contributed by atoms with van der Waals surface area (Å²) in [6, 6.07) is 0. The van der Waals surface area contributed by atoms with Gasteiger partial charge >= 0.3 is 0 Å². The fraction of sp³-hybridized carbons (Fsp3) is 0.273. The average molecular weight is 505 g/mol. The van der Waals surface area contributed by atoms with E-state index < -0.39 is 0 Å². The molecule has 3 nitrogen and oxygen atoms in total. The minimum atomic E-state index is -0.316. The third-order valence-corrected chi connectivity index (χ3v) is 4.53. The monoisotopic (exact) mass is 504 g/mol. The lowest BCUT2D eigenvalue weighted by atomic mass is 9.97. The maximum absolute atomic E-state index is 13.4. The van der Waals surface area contributed by atoms with Gasteiger partial charge in [-0.1, -0.05) is 76.1 Å². The first kappa shape index (κ1) is 37.6. The molecule has 0 aliphatic heterocycles. The molecule has 0 saturated heterocycles. The van der Waals surface area contributed by atoms with E-state index in [0.717, 1.165) is 28.1 Å². The minimum absolute atomic E-state index is 0.130. The number of rotatable bonds is 12. The SMILES string of the molecule is C#C.C=CC=NC(=C\C)/C(C)=C/C=C(\C)NC(=O)CC(=C/C)/C=C(/C)C(=C)C(/C=C(\C)F)=C/C=C.CC. The van der Waals surface area contributed by atoms with E-state index in [2.05, 4.69) is 42.9 Å². The van der Waals surface area contributed by atoms with Gasteiger partial charge in [0.1, 0.15) is 0 Å². The maximum atomic E-state index is 13.4. The minimum Gasteiger partial charge on any atom is -0.330 e. The molecular weight excluding hydrogens is 459 g/mol. The molecule has 1 N–H and O–H groups in total. The van der Waals surface area contributed by atoms with Gasteiger partial charge in [-0.3, -0.25) is 9.79 Å². The summed E-state index contributed by atoms with van der Waals surface area (Å²) in [6.07, 6.45) is 25.6. The molecule has 0 aromatic rings. The number of hydrogen-bond donors (Lipinski definition) is 1. The van der Waals surface area contributed by atoms with Crippen LogP contribution in [0.25, 0.3) is 0 Å². The predicted octanol–water partition coefficient (Wildman–Crippen LogP) is 9.21. The first-order valence-corrected chi connectivity index (χ1v) is 12.1. The van der Waals surface area contributed by atoms with Gasteiger partial charge in [0, 0.05) is 11.9 Å². The van der Waals surface area contributed by atoms with E-state index in [0.29, 0.717) is 11.1 Å². The molecule has 0 fully saturated rings. The van der Waals surface area contributed by atoms with Gasteiger partial charge in [-0.05, 0) is 81.6 Å². The van der Waals surface area contributed by atoms with Gasteiger partial charge in [0.05, 0.1) is 17.9 Å². The van der Waals surface area contributed by atoms with Crippen LogP contribution in [-0.2, 0) is 4.79 Å². The Kier molecular flexibility index (Phi) is 24.1. The molecule has 0 rings (SSSR count). The Labute approximate surface area is 225 Å². The van der Waals surface area contributed by atoms with Crippen molar-refractivity contribution < 1.29 is 9.18 Å². The van der Waals surface area contributed by atoms with Crippen molar-refractivity contribution >= 4 is 12.1 Å². The lowest BCUT2D eigenvalue weighted by Crippen LogP contribution is -2.21. The Balaban J connectivity index is -0.00000274. The highest BCUT2D eigenvalue weighted by atomic mass is 19.1. The van der Waals surface area contributed by atoms with E-state index in [9.17, 15) is 9.18 Å². The summed E-state index contributed by atoms with van der Waals surface area (Å²) in [6.45, 7) is 26.2. The van der Waals surface area contributed by atoms with Crippen molar-refractivity contribution in [2.75, 3.05) is 0 Å². The number of aliphatic imine (C=N–C) groups is 1. The molecule has 0 aromatic carbocycles. The van der Waals surface area contributed by atoms with Gasteiger partial charge in [-0.15, -0.1) is 12.8 Å². The van der Waals surface area contributed by atoms with Crippen molar-refractivity contribution in [1.29, 1.82) is 0 Å². The molecule has 0 heterocycles. The summed E-state index contributed by atoms with van der Waals surface area (Å²) < 4.78 is 13.4. The lowest BCUT2D eigenvalue weighted by Gasteiger charge is -2.10. The van der Waals surface area contributed by atoms with Crippen LogP contribution in [0.1, 0.15) is 61.8 Å². The van der Waals surface area contributed by atoms with Gasteiger partial charge in [0.2, 0.25) is 5.91 Å². The highest BCUT2D eigenvalue weighted by molar-refractivity contribution is 5.81. The molecule has 4 heteroatoms. The number of halogens is 1. The van der Waals surface area contributed by atoms with Gasteiger partial charge in [-0.2, -0.15) is 0 Å². The quantitative estimate of drug-likeness (QED) is 0.161. The third-order valence-electron chi connectivity index (χ3n) is 4.53. The molecule has 0 saturated carbocycles. The van der Waals surface area contributed by atoms with Crippen LogP contribution in [-0.4, -0.2) is 12.1 Å². The van der Waals surface area contributed by atoms with Gasteiger partial charge in [0.25, 0.3) is 0 Å². The first-order chi connectivity index (χ1) is 17.6. The molecule has 0 spiro atoms. The summed E-state index contributed by atoms with van der Waals surface area (Å²) >= 11 is 0. The Morgan fingerprint density at radius 2 is 1.51 bits per heavy atom. The predicted molar refractivity (Wildman–Crippen MR) is 164 cm³/mol. The van der Waals surface area contributed by atoms with E-state index in [1.807, 2.05) is 78.8 Å². The maximum Gasteiger partial charge on any atom is 0.228 e. The van der Waals surface area contributed by atoms with Gasteiger partial charge < -0.3 is 5.32 Å². The summed E-state index contributed by atoms with van der Waals surface area (Å²) in [5.41, 5.74) is 5.51. The Morgan fingerprint density at radius 1 is 0.919 bits per heavy atom. The van der Waals surface area contributed by atoms with Crippen LogP contribution in [0.2, 0.25) is 0 Å². The number of nitrogens with one attached hydrogen (secondary N) is 1. The number of carbonyl (C=O) groups excluding carboxylic acids is 1. The molecule has 1 amide bonds. The Morgan fingerprint density at radius 3 is 1.97 bits per heavy atom. The van der Waals surface area contributed by atoms with Crippen LogP contribution in [0.3, 0.4) is 0 Å². The number of carbonyl (C=O) groups is 1. The third kappa shape index (κ3) is 18.0. The first-order valence-electron chi connectivity index (χ1n) is 12.1. The second-order valence-corrected chi connectivity index (χ2v) is 7.37. The van der Waals surface area contributed by atoms with Crippen molar-refractivity contribution in [3.05, 3.63) is 120 Å². The summed E-state index contributed by atoms with van der Waals surface area (Å²) in [7, 11) is 0. The van der Waals surface area contributed by atoms with E-state index >= 15 is 0 Å². The summed E-state index contributed by atoms with van der Waals surface area (Å²) in [5.74, 6) is -0.446. The molecule has 0 aliphatic carbocycles. The fourth-order valence-electron chi connectivity index (χ4n) is 2.77. The number of nitrogens with zero attached hydrogens (tertiary/aromatic N) is 1. The summed E-state index contributed by atoms with van der Waals surface area (Å²) in [5, 5.41) is 2.90. The van der Waals surface area contributed by atoms with Crippen LogP contribution in [0, 0.1) is 12.8 Å². The van der Waals surface area contributed by atoms with Gasteiger partial charge in [0.15, 0.2) is 0 Å². The zero-order chi connectivity index (χ0) is 29.4. The number of amides is 1. The van der Waals surface area contributed by atoms with Crippen LogP contribution >= 0.6 is 0 Å². The molecule has 200 valence electrons. The molecule has 0 radical (unpaired) electrons. The van der Waals surface area contributed by atoms with Crippen molar-refractivity contribution in [1.82, 2.24) is 5.32 Å². The average Bonchev–Trinajstić information content (AvgIpc) is 2.88. The second-order valence-electron chi connectivity index (χ2n) is 7.37. The van der Waals surface area contributed by atoms with Crippen molar-refractivity contribution in [3.63, 3.8) is 0 Å². The summed E-state index contributed by atoms with van der Waals surface area (Å²) in [4.78, 5) is 16.8. The topological polar surface area (TPSA) is 41.5 Å². The molecule has 37 heavy (non-hydrogen) atoms. The van der Waals surface area contributed by atoms with Crippen molar-refractivity contribution in [2.45, 2.75) is 61.8 Å². The van der Waals surface area contributed by atoms with Crippen LogP contribution in [0.5, 0.6) is 0 Å². The van der Waals surface area contributed by atoms with Crippen LogP contribution < -0.4 is 5.32 Å². The zero-order valence-corrected chi connectivity index (χ0v) is 24.0. The van der Waals surface area contributed by atoms with Crippen molar-refractivity contribution in [2.24, 2.45) is 4.99 Å². The second kappa shape index (κ2) is 23.8. The molecule has 0 atom stereocenters. The zero-order valence-electron chi connectivity index (χ0n) is 24.0. The molecule has 0 bridgehead atoms. The normalized spacial score (nSPS) is 13.6. The van der Waals surface area contributed by atoms with Crippen molar-refractivity contribution in [3.8, 4) is 12.8 Å². The Hall–Kier alpha value is -3.97. The van der Waals surface area contributed by atoms with E-state index in [-0.39, 0.29) is 18.2 Å². The standard InChI is InChI=1S/C29H37FN2O.C2H6.C2H2/c1-10-14-27(19-23(7)30)25(9)22(6)18-26(12-3)20-29(33)32-24(8)16-15-21(5)28(13-4)31-17-11-2;2*1-2/h10-19H,1-2,9,20H2,3-8H3,(H,32,33);1-2H3;1-2H/b21-15+,22-18-,23-19+,24-16+,26-12+,27-14+,28-13-,31-17?;;. The van der Waals surface area contributed by atoms with Crippen LogP contribution in [0.4, 0.5) is 4.39 Å². The molecular formula is C33H45FN2O. The highest BCUT2D eigenvalue weighted by Gasteiger charge is 2.08. The van der Waals surface area contributed by atoms with E-state index in [4.69, 9.17) is 0 Å². The lowest BCUT2D eigenvalue weighted by molar-refractivity contribution is -0.119. The van der Waals surface area contributed by atoms with Gasteiger partial charge in [-0.25, -0.2) is 4.39 Å². The largest absolute Gasteiger partial charge is 0.330 e. The number of allylic oxidation sites excluding steroid dienone is 15. The fourth-order valence-corrected chi connectivity index (χ4v) is 2.77. The molecule has 0 unspecified atom stereocenters. The van der Waals surface area contributed by atoms with Crippen LogP contribution in [0.15, 0.2) is 124 Å².